The van der Waals surface area contributed by atoms with Crippen molar-refractivity contribution in [2.75, 3.05) is 14.2 Å². The molecule has 1 spiro atoms. The van der Waals surface area contributed by atoms with Gasteiger partial charge in [0, 0.05) is 6.42 Å². The van der Waals surface area contributed by atoms with E-state index in [4.69, 9.17) is 14.5 Å². The summed E-state index contributed by atoms with van der Waals surface area (Å²) in [6, 6.07) is 13.1. The lowest BCUT2D eigenvalue weighted by molar-refractivity contribution is -0.424. The van der Waals surface area contributed by atoms with Crippen LogP contribution < -0.4 is 14.8 Å². The highest BCUT2D eigenvalue weighted by Gasteiger charge is 2.60. The maximum Gasteiger partial charge on any atom is 0.342 e. The van der Waals surface area contributed by atoms with E-state index in [2.05, 4.69) is 21.1 Å². The van der Waals surface area contributed by atoms with Crippen molar-refractivity contribution in [3.63, 3.8) is 0 Å². The average Bonchev–Trinajstić information content (AvgIpc) is 3.39. The smallest absolute Gasteiger partial charge is 0.342 e. The minimum Gasteiger partial charge on any atom is -0.496 e. The number of aromatic nitrogens is 2. The maximum absolute atomic E-state index is 13.2. The lowest BCUT2D eigenvalue weighted by Crippen LogP contribution is -2.45. The first kappa shape index (κ1) is 18.5. The van der Waals surface area contributed by atoms with Gasteiger partial charge < -0.3 is 14.8 Å². The molecule has 1 N–H and O–H groups in total. The van der Waals surface area contributed by atoms with Crippen LogP contribution >= 0.6 is 0 Å². The molecule has 1 aliphatic heterocycles. The number of para-hydroxylation sites is 2. The molecular weight excluding hydrogens is 380 g/mol. The van der Waals surface area contributed by atoms with Gasteiger partial charge in [0.25, 0.3) is 5.91 Å². The predicted octanol–water partition coefficient (Wildman–Crippen LogP) is 3.10. The zero-order valence-corrected chi connectivity index (χ0v) is 17.0. The summed E-state index contributed by atoms with van der Waals surface area (Å²) in [6.45, 7) is 0. The number of fused-ring (bicyclic) bond motifs is 1. The van der Waals surface area contributed by atoms with Gasteiger partial charge >= 0.3 is 5.82 Å². The number of hydrogen-bond donors (Lipinski definition) is 1. The van der Waals surface area contributed by atoms with Crippen LogP contribution in [0.3, 0.4) is 0 Å². The zero-order valence-electron chi connectivity index (χ0n) is 17.0. The molecule has 7 heteroatoms. The summed E-state index contributed by atoms with van der Waals surface area (Å²) in [5, 5.41) is 3.21. The lowest BCUT2D eigenvalue weighted by atomic mass is 10.0. The monoisotopic (exact) mass is 403 g/mol. The third kappa shape index (κ3) is 2.89. The molecule has 2 heterocycles. The number of ether oxygens (including phenoxy) is 2. The Morgan fingerprint density at radius 2 is 1.83 bits per heavy atom. The van der Waals surface area contributed by atoms with Gasteiger partial charge in [0.15, 0.2) is 5.54 Å². The number of benzene rings is 2. The fraction of sp³-hybridized carbons (Fsp3) is 0.304. The highest BCUT2D eigenvalue weighted by atomic mass is 16.5. The molecule has 0 bridgehead atoms. The summed E-state index contributed by atoms with van der Waals surface area (Å²) < 4.78 is 12.9. The molecule has 7 nitrogen and oxygen atoms in total. The molecule has 1 saturated carbocycles. The number of hydrogen-bond acceptors (Lipinski definition) is 5. The van der Waals surface area contributed by atoms with Crippen molar-refractivity contribution >= 4 is 29.0 Å². The first-order valence-corrected chi connectivity index (χ1v) is 10.1. The number of amides is 1. The van der Waals surface area contributed by atoms with Gasteiger partial charge in [-0.25, -0.2) is 9.56 Å². The van der Waals surface area contributed by atoms with Crippen LogP contribution in [0.4, 0.5) is 5.82 Å². The molecule has 3 aromatic rings. The van der Waals surface area contributed by atoms with Crippen LogP contribution in [-0.4, -0.2) is 52.5 Å². The molecule has 0 saturated heterocycles. The maximum atomic E-state index is 13.2. The number of nitrogens with zero attached hydrogens (tertiary/aromatic N) is 3. The van der Waals surface area contributed by atoms with E-state index in [1.54, 1.807) is 38.6 Å². The van der Waals surface area contributed by atoms with Gasteiger partial charge in [0.1, 0.15) is 35.0 Å². The Morgan fingerprint density at radius 3 is 2.57 bits per heavy atom. The van der Waals surface area contributed by atoms with E-state index in [9.17, 15) is 4.79 Å². The zero-order chi connectivity index (χ0) is 20.7. The standard InChI is InChI=1S/C23H22N4O3/c1-29-17-9-5-10-18(30-2)21(17)22(28)26-19-11-6-12-23(19)14-27(23)20-13-24-15-7-3-4-8-16(15)25-20/h3-5,7-10,13-14,19H,6,11-12H2,1-2H3/p+1. The fourth-order valence-electron chi connectivity index (χ4n) is 4.50. The molecule has 1 amide bonds. The topological polar surface area (TPSA) is 76.3 Å². The van der Waals surface area contributed by atoms with E-state index in [0.717, 1.165) is 36.1 Å². The van der Waals surface area contributed by atoms with Crippen molar-refractivity contribution < 1.29 is 18.8 Å². The lowest BCUT2D eigenvalue weighted by Gasteiger charge is -2.20. The van der Waals surface area contributed by atoms with Crippen LogP contribution in [-0.2, 0) is 0 Å². The Bertz CT molecular complexity index is 1150. The molecule has 2 aromatic carbocycles. The number of carbonyl (C=O) groups is 1. The average molecular weight is 403 g/mol. The second kappa shape index (κ2) is 7.09. The van der Waals surface area contributed by atoms with E-state index in [1.807, 2.05) is 24.3 Å². The van der Waals surface area contributed by atoms with Crippen molar-refractivity contribution in [2.24, 2.45) is 0 Å². The van der Waals surface area contributed by atoms with Crippen molar-refractivity contribution in [3.8, 4) is 11.5 Å². The quantitative estimate of drug-likeness (QED) is 0.663. The normalized spacial score (nSPS) is 22.1. The number of rotatable bonds is 5. The first-order chi connectivity index (χ1) is 14.7. The van der Waals surface area contributed by atoms with Gasteiger partial charge in [-0.3, -0.25) is 4.79 Å². The van der Waals surface area contributed by atoms with Gasteiger partial charge in [-0.2, -0.15) is 0 Å². The third-order valence-electron chi connectivity index (χ3n) is 6.05. The number of nitrogens with one attached hydrogen (secondary N) is 1. The molecule has 30 heavy (non-hydrogen) atoms. The summed E-state index contributed by atoms with van der Waals surface area (Å²) in [6.07, 6.45) is 6.85. The van der Waals surface area contributed by atoms with E-state index in [-0.39, 0.29) is 17.5 Å². The van der Waals surface area contributed by atoms with Crippen LogP contribution in [0.25, 0.3) is 11.0 Å². The van der Waals surface area contributed by atoms with Crippen molar-refractivity contribution in [1.82, 2.24) is 15.3 Å². The van der Waals surface area contributed by atoms with E-state index < -0.39 is 0 Å². The Morgan fingerprint density at radius 1 is 1.10 bits per heavy atom. The van der Waals surface area contributed by atoms with Crippen LogP contribution in [0.5, 0.6) is 11.5 Å². The number of methoxy groups -OCH3 is 2. The van der Waals surface area contributed by atoms with Crippen LogP contribution in [0.1, 0.15) is 29.6 Å². The van der Waals surface area contributed by atoms with Crippen molar-refractivity contribution in [1.29, 1.82) is 0 Å². The summed E-state index contributed by atoms with van der Waals surface area (Å²) in [4.78, 5) is 22.5. The van der Waals surface area contributed by atoms with Gasteiger partial charge in [0.05, 0.1) is 20.3 Å². The SMILES string of the molecule is COc1cccc(OC)c1C(=O)NC1CCCC12C=[N+]2c1cnc2ccccc2n1. The Balaban J connectivity index is 1.40. The first-order valence-electron chi connectivity index (χ1n) is 10.1. The largest absolute Gasteiger partial charge is 0.496 e. The van der Waals surface area contributed by atoms with E-state index in [1.165, 1.54) is 0 Å². The van der Waals surface area contributed by atoms with Crippen molar-refractivity contribution in [3.05, 3.63) is 54.2 Å². The molecule has 1 aliphatic carbocycles. The summed E-state index contributed by atoms with van der Waals surface area (Å²) in [5.74, 6) is 1.61. The minimum absolute atomic E-state index is 0.0205. The molecule has 1 fully saturated rings. The van der Waals surface area contributed by atoms with Gasteiger partial charge in [-0.1, -0.05) is 18.2 Å². The molecule has 2 aliphatic rings. The van der Waals surface area contributed by atoms with Crippen LogP contribution in [0.2, 0.25) is 0 Å². The van der Waals surface area contributed by atoms with Crippen molar-refractivity contribution in [2.45, 2.75) is 30.8 Å². The Hall–Kier alpha value is -3.48. The predicted molar refractivity (Wildman–Crippen MR) is 113 cm³/mol. The summed E-state index contributed by atoms with van der Waals surface area (Å²) in [5.41, 5.74) is 1.93. The molecule has 0 radical (unpaired) electrons. The molecule has 1 aromatic heterocycles. The minimum atomic E-state index is -0.220. The third-order valence-corrected chi connectivity index (χ3v) is 6.05. The Kier molecular flexibility index (Phi) is 4.38. The summed E-state index contributed by atoms with van der Waals surface area (Å²) in [7, 11) is 3.11. The van der Waals surface area contributed by atoms with E-state index >= 15 is 0 Å². The number of carbonyl (C=O) groups excluding carboxylic acids is 1. The molecule has 2 unspecified atom stereocenters. The van der Waals surface area contributed by atoms with Gasteiger partial charge in [-0.05, 0) is 42.1 Å². The van der Waals surface area contributed by atoms with Crippen LogP contribution in [0, 0.1) is 0 Å². The summed E-state index contributed by atoms with van der Waals surface area (Å²) >= 11 is 0. The van der Waals surface area contributed by atoms with Crippen LogP contribution in [0.15, 0.2) is 48.7 Å². The van der Waals surface area contributed by atoms with E-state index in [0.29, 0.717) is 17.1 Å². The van der Waals surface area contributed by atoms with Gasteiger partial charge in [0.2, 0.25) is 5.52 Å². The second-order valence-corrected chi connectivity index (χ2v) is 7.66. The highest BCUT2D eigenvalue weighted by molar-refractivity contribution is 6.00. The Labute approximate surface area is 174 Å². The second-order valence-electron chi connectivity index (χ2n) is 7.66. The molecule has 5 rings (SSSR count). The fourth-order valence-corrected chi connectivity index (χ4v) is 4.50. The highest BCUT2D eigenvalue weighted by Crippen LogP contribution is 2.43. The molecular formula is C23H23N4O3+. The van der Waals surface area contributed by atoms with Gasteiger partial charge in [-0.15, -0.1) is 0 Å². The molecule has 152 valence electrons. The molecule has 2 atom stereocenters.